The fourth-order valence-electron chi connectivity index (χ4n) is 1.40. The van der Waals surface area contributed by atoms with E-state index >= 15 is 0 Å². The first-order valence-corrected chi connectivity index (χ1v) is 6.86. The van der Waals surface area contributed by atoms with Crippen LogP contribution in [0.15, 0.2) is 12.7 Å². The van der Waals surface area contributed by atoms with E-state index in [0.717, 1.165) is 6.08 Å². The van der Waals surface area contributed by atoms with Crippen LogP contribution in [0.1, 0.15) is 0 Å². The van der Waals surface area contributed by atoms with Gasteiger partial charge in [0.1, 0.15) is 25.8 Å². The summed E-state index contributed by atoms with van der Waals surface area (Å²) in [6.07, 6.45) is -0.198. The van der Waals surface area contributed by atoms with Gasteiger partial charge in [0.05, 0.1) is 30.0 Å². The van der Waals surface area contributed by atoms with Crippen molar-refractivity contribution in [2.24, 2.45) is 0 Å². The molecule has 7 nitrogen and oxygen atoms in total. The van der Waals surface area contributed by atoms with E-state index in [1.807, 2.05) is 0 Å². The zero-order valence-electron chi connectivity index (χ0n) is 10.5. The minimum Gasteiger partial charge on any atom is -0.748 e. The average molecular weight is 281 g/mol. The van der Waals surface area contributed by atoms with Crippen molar-refractivity contribution in [3.63, 3.8) is 0 Å². The highest BCUT2D eigenvalue weighted by atomic mass is 32.2. The summed E-state index contributed by atoms with van der Waals surface area (Å²) in [5, 5.41) is 9.46. The Morgan fingerprint density at radius 3 is 2.56 bits per heavy atom. The number of quaternary nitrogens is 1. The van der Waals surface area contributed by atoms with Crippen molar-refractivity contribution >= 4 is 16.1 Å². The smallest absolute Gasteiger partial charge is 0.330 e. The molecule has 0 radical (unpaired) electrons. The van der Waals surface area contributed by atoms with Gasteiger partial charge in [-0.25, -0.2) is 13.2 Å². The van der Waals surface area contributed by atoms with Crippen molar-refractivity contribution in [3.8, 4) is 0 Å². The first kappa shape index (κ1) is 17.0. The van der Waals surface area contributed by atoms with Crippen molar-refractivity contribution in [2.45, 2.75) is 6.10 Å². The lowest BCUT2D eigenvalue weighted by Crippen LogP contribution is -2.49. The third kappa shape index (κ3) is 9.11. The highest BCUT2D eigenvalue weighted by Crippen LogP contribution is 2.02. The predicted octanol–water partition coefficient (Wildman–Crippen LogP) is -1.30. The van der Waals surface area contributed by atoms with Crippen LogP contribution in [0, 0.1) is 0 Å². The van der Waals surface area contributed by atoms with Crippen LogP contribution < -0.4 is 0 Å². The zero-order valence-corrected chi connectivity index (χ0v) is 11.4. The van der Waals surface area contributed by atoms with Gasteiger partial charge in [-0.2, -0.15) is 0 Å². The number of likely N-dealkylation sites (N-methyl/N-ethyl adjacent to an activating group) is 1. The summed E-state index contributed by atoms with van der Waals surface area (Å²) in [7, 11) is -0.993. The fraction of sp³-hybridized carbons (Fsp3) is 0.700. The fourth-order valence-corrected chi connectivity index (χ4v) is 1.98. The molecule has 1 atom stereocenters. The van der Waals surface area contributed by atoms with Crippen LogP contribution >= 0.6 is 0 Å². The quantitative estimate of drug-likeness (QED) is 0.257. The molecule has 0 aliphatic heterocycles. The molecule has 0 spiro atoms. The van der Waals surface area contributed by atoms with Crippen molar-refractivity contribution in [3.05, 3.63) is 12.7 Å². The molecule has 0 rings (SSSR count). The first-order chi connectivity index (χ1) is 8.06. The number of carbonyl (C=O) groups excluding carboxylic acids is 1. The molecule has 0 aliphatic rings. The maximum atomic E-state index is 10.8. The van der Waals surface area contributed by atoms with Crippen LogP contribution in [0.2, 0.25) is 0 Å². The molecule has 0 aromatic carbocycles. The normalized spacial score (nSPS) is 14.0. The Morgan fingerprint density at radius 1 is 1.56 bits per heavy atom. The van der Waals surface area contributed by atoms with E-state index < -0.39 is 27.9 Å². The van der Waals surface area contributed by atoms with E-state index in [1.165, 1.54) is 0 Å². The molecule has 106 valence electrons. The Labute approximate surface area is 107 Å². The van der Waals surface area contributed by atoms with Gasteiger partial charge in [0, 0.05) is 6.08 Å². The van der Waals surface area contributed by atoms with Gasteiger partial charge in [0.15, 0.2) is 0 Å². The SMILES string of the molecule is C=CC(=O)OCC[N+](C)(C)CC(O)CS(=O)(=O)[O-]. The Hall–Kier alpha value is -0.960. The average Bonchev–Trinajstić information content (AvgIpc) is 2.12. The van der Waals surface area contributed by atoms with E-state index in [4.69, 9.17) is 4.74 Å². The molecule has 0 bridgehead atoms. The minimum atomic E-state index is -4.44. The largest absolute Gasteiger partial charge is 0.748 e. The molecule has 0 aromatic heterocycles. The molecule has 0 aliphatic carbocycles. The van der Waals surface area contributed by atoms with Gasteiger partial charge in [0.25, 0.3) is 0 Å². The number of hydrogen-bond donors (Lipinski definition) is 1. The number of aliphatic hydroxyl groups excluding tert-OH is 1. The summed E-state index contributed by atoms with van der Waals surface area (Å²) in [6, 6.07) is 0. The van der Waals surface area contributed by atoms with Gasteiger partial charge in [-0.15, -0.1) is 0 Å². The molecule has 0 saturated heterocycles. The van der Waals surface area contributed by atoms with E-state index in [0.29, 0.717) is 6.54 Å². The molecule has 0 aromatic rings. The number of rotatable bonds is 8. The molecule has 18 heavy (non-hydrogen) atoms. The summed E-state index contributed by atoms with van der Waals surface area (Å²) in [5.41, 5.74) is 0. The second kappa shape index (κ2) is 6.83. The zero-order chi connectivity index (χ0) is 14.4. The van der Waals surface area contributed by atoms with Crippen molar-refractivity contribution < 1.29 is 32.1 Å². The number of aliphatic hydroxyl groups is 1. The van der Waals surface area contributed by atoms with Crippen LogP contribution in [0.25, 0.3) is 0 Å². The minimum absolute atomic E-state index is 0.0765. The van der Waals surface area contributed by atoms with Gasteiger partial charge in [-0.1, -0.05) is 6.58 Å². The number of nitrogens with zero attached hydrogens (tertiary/aromatic N) is 1. The number of carbonyl (C=O) groups is 1. The van der Waals surface area contributed by atoms with Crippen LogP contribution in [0.5, 0.6) is 0 Å². The van der Waals surface area contributed by atoms with Crippen molar-refractivity contribution in [2.75, 3.05) is 39.5 Å². The Balaban J connectivity index is 4.13. The molecule has 1 N–H and O–H groups in total. The summed E-state index contributed by atoms with van der Waals surface area (Å²) in [6.45, 7) is 3.82. The van der Waals surface area contributed by atoms with Gasteiger partial charge < -0.3 is 18.9 Å². The summed E-state index contributed by atoms with van der Waals surface area (Å²) in [5.74, 6) is -1.36. The van der Waals surface area contributed by atoms with Crippen molar-refractivity contribution in [1.29, 1.82) is 0 Å². The second-order valence-corrected chi connectivity index (χ2v) is 6.04. The molecule has 0 fully saturated rings. The second-order valence-electron chi connectivity index (χ2n) is 4.59. The van der Waals surface area contributed by atoms with Crippen LogP contribution in [0.3, 0.4) is 0 Å². The van der Waals surface area contributed by atoms with Crippen molar-refractivity contribution in [1.82, 2.24) is 0 Å². The maximum Gasteiger partial charge on any atom is 0.330 e. The van der Waals surface area contributed by atoms with Crippen LogP contribution in [0.4, 0.5) is 0 Å². The molecular formula is C10H19NO6S. The van der Waals surface area contributed by atoms with Gasteiger partial charge in [-0.3, -0.25) is 0 Å². The van der Waals surface area contributed by atoms with Crippen LogP contribution in [-0.4, -0.2) is 74.2 Å². The van der Waals surface area contributed by atoms with Gasteiger partial charge in [0.2, 0.25) is 0 Å². The third-order valence-electron chi connectivity index (χ3n) is 2.21. The Bertz CT molecular complexity index is 389. The molecule has 0 saturated carbocycles. The highest BCUT2D eigenvalue weighted by Gasteiger charge is 2.22. The third-order valence-corrected chi connectivity index (χ3v) is 3.00. The monoisotopic (exact) mass is 281 g/mol. The Kier molecular flexibility index (Phi) is 6.47. The van der Waals surface area contributed by atoms with Crippen LogP contribution in [-0.2, 0) is 19.6 Å². The molecule has 8 heteroatoms. The highest BCUT2D eigenvalue weighted by molar-refractivity contribution is 7.85. The first-order valence-electron chi connectivity index (χ1n) is 5.28. The predicted molar refractivity (Wildman–Crippen MR) is 63.6 cm³/mol. The van der Waals surface area contributed by atoms with E-state index in [9.17, 15) is 22.9 Å². The lowest BCUT2D eigenvalue weighted by atomic mass is 10.3. The molecule has 1 unspecified atom stereocenters. The van der Waals surface area contributed by atoms with E-state index in [1.54, 1.807) is 14.1 Å². The molecule has 0 amide bonds. The topological polar surface area (TPSA) is 104 Å². The number of hydrogen-bond acceptors (Lipinski definition) is 6. The lowest BCUT2D eigenvalue weighted by molar-refractivity contribution is -0.893. The van der Waals surface area contributed by atoms with E-state index in [2.05, 4.69) is 6.58 Å². The number of esters is 1. The summed E-state index contributed by atoms with van der Waals surface area (Å²) in [4.78, 5) is 10.8. The summed E-state index contributed by atoms with van der Waals surface area (Å²) >= 11 is 0. The summed E-state index contributed by atoms with van der Waals surface area (Å²) < 4.78 is 36.4. The standard InChI is InChI=1S/C10H19NO6S/c1-4-10(13)17-6-5-11(2,3)7-9(12)8-18(14,15)16/h4,9,12H,1,5-8H2,2-3H3. The van der Waals surface area contributed by atoms with E-state index in [-0.39, 0.29) is 17.6 Å². The Morgan fingerprint density at radius 2 is 2.11 bits per heavy atom. The molecular weight excluding hydrogens is 262 g/mol. The van der Waals surface area contributed by atoms with Gasteiger partial charge >= 0.3 is 5.97 Å². The molecule has 0 heterocycles. The number of ether oxygens (including phenoxy) is 1. The lowest BCUT2D eigenvalue weighted by Gasteiger charge is -2.31. The maximum absolute atomic E-state index is 10.8. The van der Waals surface area contributed by atoms with Gasteiger partial charge in [-0.05, 0) is 0 Å².